The van der Waals surface area contributed by atoms with Crippen LogP contribution in [0.15, 0.2) is 30.3 Å². The molecule has 2 aromatic rings. The molecule has 0 saturated carbocycles. The fourth-order valence-electron chi connectivity index (χ4n) is 4.21. The number of methoxy groups -OCH3 is 2. The zero-order chi connectivity index (χ0) is 26.8. The van der Waals surface area contributed by atoms with Gasteiger partial charge >= 0.3 is 18.4 Å². The average Bonchev–Trinajstić information content (AvgIpc) is 2.80. The average molecular weight is 520 g/mol. The van der Waals surface area contributed by atoms with Crippen LogP contribution in [0.25, 0.3) is 0 Å². The van der Waals surface area contributed by atoms with Gasteiger partial charge in [-0.1, -0.05) is 0 Å². The van der Waals surface area contributed by atoms with Gasteiger partial charge in [0.05, 0.1) is 37.6 Å². The topological polar surface area (TPSA) is 60.0 Å². The van der Waals surface area contributed by atoms with Crippen molar-refractivity contribution in [3.8, 4) is 11.5 Å². The van der Waals surface area contributed by atoms with Gasteiger partial charge in [0.2, 0.25) is 0 Å². The molecule has 12 heteroatoms. The van der Waals surface area contributed by atoms with E-state index in [1.807, 2.05) is 0 Å². The number of rotatable bonds is 6. The fraction of sp³-hybridized carbons (Fsp3) is 0.458. The van der Waals surface area contributed by atoms with Crippen LogP contribution in [-0.4, -0.2) is 33.0 Å². The van der Waals surface area contributed by atoms with Crippen molar-refractivity contribution in [3.63, 3.8) is 0 Å². The number of halogens is 6. The number of amides is 1. The van der Waals surface area contributed by atoms with Gasteiger partial charge in [0.25, 0.3) is 0 Å². The van der Waals surface area contributed by atoms with Crippen LogP contribution < -0.4 is 19.7 Å². The summed E-state index contributed by atoms with van der Waals surface area (Å²) >= 11 is 0. The number of nitrogens with one attached hydrogen (secondary N) is 1. The molecule has 0 bridgehead atoms. The largest absolute Gasteiger partial charge is 0.493 e. The van der Waals surface area contributed by atoms with Crippen LogP contribution >= 0.6 is 0 Å². The molecule has 2 atom stereocenters. The molecule has 6 nitrogen and oxygen atoms in total. The van der Waals surface area contributed by atoms with Gasteiger partial charge in [0, 0.05) is 24.7 Å². The van der Waals surface area contributed by atoms with Gasteiger partial charge < -0.3 is 19.5 Å². The predicted molar refractivity (Wildman–Crippen MR) is 119 cm³/mol. The molecule has 0 aliphatic carbocycles. The molecule has 1 heterocycles. The summed E-state index contributed by atoms with van der Waals surface area (Å²) in [5.74, 6) is 0.686. The first kappa shape index (κ1) is 27.4. The van der Waals surface area contributed by atoms with E-state index in [1.165, 1.54) is 19.1 Å². The minimum Gasteiger partial charge on any atom is -0.493 e. The monoisotopic (exact) mass is 520 g/mol. The quantitative estimate of drug-likeness (QED) is 0.452. The molecule has 0 aromatic heterocycles. The SMILES string of the molecule is CCOC(=O)N1c2cc(OC)c(OC)cc2[C@@H](NCc2cc(C(F)(F)F)cc(C(F)(F)F)c2)C[C@H]1C. The number of nitrogens with zero attached hydrogens (tertiary/aromatic N) is 1. The molecule has 0 unspecified atom stereocenters. The molecule has 1 aliphatic heterocycles. The highest BCUT2D eigenvalue weighted by Gasteiger charge is 2.38. The van der Waals surface area contributed by atoms with Gasteiger partial charge in [-0.05, 0) is 55.7 Å². The summed E-state index contributed by atoms with van der Waals surface area (Å²) in [6, 6.07) is 3.75. The highest BCUT2D eigenvalue weighted by molar-refractivity contribution is 5.91. The Balaban J connectivity index is 2.00. The van der Waals surface area contributed by atoms with Gasteiger partial charge in [0.15, 0.2) is 11.5 Å². The van der Waals surface area contributed by atoms with Crippen LogP contribution in [0.2, 0.25) is 0 Å². The molecular formula is C24H26F6N2O4. The number of hydrogen-bond donors (Lipinski definition) is 1. The number of ether oxygens (including phenoxy) is 3. The molecule has 0 saturated heterocycles. The second-order valence-electron chi connectivity index (χ2n) is 8.27. The van der Waals surface area contributed by atoms with Gasteiger partial charge in [-0.3, -0.25) is 4.90 Å². The Labute approximate surface area is 204 Å². The number of fused-ring (bicyclic) bond motifs is 1. The first-order chi connectivity index (χ1) is 16.8. The lowest BCUT2D eigenvalue weighted by atomic mass is 9.91. The fourth-order valence-corrected chi connectivity index (χ4v) is 4.21. The van der Waals surface area contributed by atoms with Crippen molar-refractivity contribution < 1.29 is 45.3 Å². The Bertz CT molecular complexity index is 1070. The highest BCUT2D eigenvalue weighted by Crippen LogP contribution is 2.44. The van der Waals surface area contributed by atoms with Crippen molar-refractivity contribution in [2.75, 3.05) is 25.7 Å². The number of carbonyl (C=O) groups is 1. The predicted octanol–water partition coefficient (Wildman–Crippen LogP) is 6.33. The Morgan fingerprint density at radius 3 is 2.03 bits per heavy atom. The van der Waals surface area contributed by atoms with Crippen molar-refractivity contribution in [1.82, 2.24) is 5.32 Å². The molecule has 1 amide bonds. The van der Waals surface area contributed by atoms with E-state index in [4.69, 9.17) is 14.2 Å². The molecule has 3 rings (SSSR count). The summed E-state index contributed by atoms with van der Waals surface area (Å²) in [6.07, 6.45) is -10.2. The maximum absolute atomic E-state index is 13.3. The maximum Gasteiger partial charge on any atom is 0.416 e. The summed E-state index contributed by atoms with van der Waals surface area (Å²) in [6.45, 7) is 3.29. The number of carbonyl (C=O) groups excluding carboxylic acids is 1. The smallest absolute Gasteiger partial charge is 0.416 e. The standard InChI is InChI=1S/C24H26F6N2O4/c1-5-36-22(33)32-13(2)6-18(17-10-20(34-3)21(35-4)11-19(17)32)31-12-14-7-15(23(25,26)27)9-16(8-14)24(28,29)30/h7-11,13,18,31H,5-6,12H2,1-4H3/t13-,18+/m1/s1. The molecule has 0 fully saturated rings. The van der Waals surface area contributed by atoms with Crippen molar-refractivity contribution >= 4 is 11.8 Å². The van der Waals surface area contributed by atoms with E-state index in [2.05, 4.69) is 5.32 Å². The lowest BCUT2D eigenvalue weighted by molar-refractivity contribution is -0.143. The third kappa shape index (κ3) is 5.80. The second-order valence-corrected chi connectivity index (χ2v) is 8.27. The van der Waals surface area contributed by atoms with E-state index < -0.39 is 41.7 Å². The van der Waals surface area contributed by atoms with Crippen molar-refractivity contribution in [2.45, 2.75) is 51.2 Å². The van der Waals surface area contributed by atoms with Gasteiger partial charge in [0.1, 0.15) is 0 Å². The lowest BCUT2D eigenvalue weighted by Gasteiger charge is -2.39. The molecular weight excluding hydrogens is 494 g/mol. The van der Waals surface area contributed by atoms with Crippen LogP contribution in [0, 0.1) is 0 Å². The minimum absolute atomic E-state index is 0.0931. The van der Waals surface area contributed by atoms with E-state index in [1.54, 1.807) is 26.0 Å². The van der Waals surface area contributed by atoms with E-state index in [0.29, 0.717) is 41.3 Å². The summed E-state index contributed by atoms with van der Waals surface area (Å²) in [5, 5.41) is 3.05. The lowest BCUT2D eigenvalue weighted by Crippen LogP contribution is -2.45. The number of hydrogen-bond acceptors (Lipinski definition) is 5. The zero-order valence-electron chi connectivity index (χ0n) is 20.0. The van der Waals surface area contributed by atoms with Crippen molar-refractivity contribution in [3.05, 3.63) is 52.6 Å². The summed E-state index contributed by atoms with van der Waals surface area (Å²) < 4.78 is 95.4. The Kier molecular flexibility index (Phi) is 7.97. The maximum atomic E-state index is 13.3. The molecule has 0 spiro atoms. The summed E-state index contributed by atoms with van der Waals surface area (Å²) in [4.78, 5) is 14.1. The number of alkyl halides is 6. The van der Waals surface area contributed by atoms with Crippen LogP contribution in [-0.2, 0) is 23.6 Å². The third-order valence-electron chi connectivity index (χ3n) is 5.85. The van der Waals surface area contributed by atoms with E-state index >= 15 is 0 Å². The van der Waals surface area contributed by atoms with Crippen LogP contribution in [0.5, 0.6) is 11.5 Å². The third-order valence-corrected chi connectivity index (χ3v) is 5.85. The Morgan fingerprint density at radius 1 is 0.972 bits per heavy atom. The minimum atomic E-state index is -4.94. The highest BCUT2D eigenvalue weighted by atomic mass is 19.4. The molecule has 1 aliphatic rings. The normalized spacial score (nSPS) is 18.0. The van der Waals surface area contributed by atoms with Gasteiger partial charge in [-0.15, -0.1) is 0 Å². The number of anilines is 1. The first-order valence-electron chi connectivity index (χ1n) is 11.0. The van der Waals surface area contributed by atoms with Crippen LogP contribution in [0.1, 0.15) is 48.6 Å². The van der Waals surface area contributed by atoms with Crippen LogP contribution in [0.4, 0.5) is 36.8 Å². The molecule has 0 radical (unpaired) electrons. The second kappa shape index (κ2) is 10.5. The Hall–Kier alpha value is -3.15. The molecule has 2 aromatic carbocycles. The van der Waals surface area contributed by atoms with Crippen LogP contribution in [0.3, 0.4) is 0 Å². The Morgan fingerprint density at radius 2 is 1.53 bits per heavy atom. The molecule has 198 valence electrons. The molecule has 36 heavy (non-hydrogen) atoms. The van der Waals surface area contributed by atoms with E-state index in [-0.39, 0.29) is 24.8 Å². The zero-order valence-corrected chi connectivity index (χ0v) is 20.0. The van der Waals surface area contributed by atoms with E-state index in [0.717, 1.165) is 0 Å². The number of benzene rings is 2. The van der Waals surface area contributed by atoms with Gasteiger partial charge in [-0.2, -0.15) is 26.3 Å². The van der Waals surface area contributed by atoms with Crippen molar-refractivity contribution in [1.29, 1.82) is 0 Å². The van der Waals surface area contributed by atoms with E-state index in [9.17, 15) is 31.1 Å². The summed E-state index contributed by atoms with van der Waals surface area (Å²) in [7, 11) is 2.84. The summed E-state index contributed by atoms with van der Waals surface area (Å²) in [5.41, 5.74) is -1.96. The van der Waals surface area contributed by atoms with Gasteiger partial charge in [-0.25, -0.2) is 4.79 Å². The van der Waals surface area contributed by atoms with Crippen molar-refractivity contribution in [2.24, 2.45) is 0 Å². The first-order valence-corrected chi connectivity index (χ1v) is 11.0. The molecule has 1 N–H and O–H groups in total.